The number of aryl methyl sites for hydroxylation is 1. The molecule has 0 saturated heterocycles. The van der Waals surface area contributed by atoms with Gasteiger partial charge in [0.25, 0.3) is 0 Å². The van der Waals surface area contributed by atoms with E-state index in [-0.39, 0.29) is 5.82 Å². The lowest BCUT2D eigenvalue weighted by molar-refractivity contribution is 0.628. The van der Waals surface area contributed by atoms with E-state index in [2.05, 4.69) is 30.7 Å². The SMILES string of the molecule is Cc1nnc(-c2cc(-c3ccn[nH]3)nc(Nc3ccc(F)cc3)c2C=N)s1. The Labute approximate surface area is 157 Å². The summed E-state index contributed by atoms with van der Waals surface area (Å²) in [7, 11) is 0. The van der Waals surface area contributed by atoms with Gasteiger partial charge >= 0.3 is 0 Å². The lowest BCUT2D eigenvalue weighted by Crippen LogP contribution is -2.03. The van der Waals surface area contributed by atoms with Crippen molar-refractivity contribution < 1.29 is 4.39 Å². The maximum atomic E-state index is 13.2. The van der Waals surface area contributed by atoms with Gasteiger partial charge in [0.05, 0.1) is 11.4 Å². The Hall–Kier alpha value is -3.46. The smallest absolute Gasteiger partial charge is 0.148 e. The number of anilines is 2. The minimum Gasteiger partial charge on any atom is -0.340 e. The van der Waals surface area contributed by atoms with Crippen molar-refractivity contribution in [2.24, 2.45) is 0 Å². The van der Waals surface area contributed by atoms with Gasteiger partial charge in [0.1, 0.15) is 21.7 Å². The maximum absolute atomic E-state index is 13.2. The van der Waals surface area contributed by atoms with Crippen molar-refractivity contribution in [1.82, 2.24) is 25.4 Å². The second-order valence-electron chi connectivity index (χ2n) is 5.69. The molecule has 0 fully saturated rings. The summed E-state index contributed by atoms with van der Waals surface area (Å²) in [6.07, 6.45) is 2.87. The molecule has 0 radical (unpaired) electrons. The fraction of sp³-hybridized carbons (Fsp3) is 0.0556. The first-order chi connectivity index (χ1) is 13.1. The summed E-state index contributed by atoms with van der Waals surface area (Å²) < 4.78 is 13.2. The topological polar surface area (TPSA) is 103 Å². The van der Waals surface area contributed by atoms with Gasteiger partial charge in [-0.15, -0.1) is 10.2 Å². The Morgan fingerprint density at radius 2 is 2.00 bits per heavy atom. The number of hydrogen-bond acceptors (Lipinski definition) is 7. The Kier molecular flexibility index (Phi) is 4.43. The van der Waals surface area contributed by atoms with Gasteiger partial charge in [-0.05, 0) is 43.3 Å². The van der Waals surface area contributed by atoms with Crippen LogP contribution < -0.4 is 5.32 Å². The first kappa shape index (κ1) is 17.0. The molecule has 0 bridgehead atoms. The standard InChI is InChI=1S/C18H14FN7S/c1-10-24-26-18(27-10)13-8-16(15-6-7-21-25-15)23-17(14(13)9-20)22-12-4-2-11(19)3-5-12/h2-9,20H,1H3,(H,21,25)(H,22,23). The molecule has 3 N–H and O–H groups in total. The minimum atomic E-state index is -0.322. The molecule has 134 valence electrons. The largest absolute Gasteiger partial charge is 0.340 e. The molecule has 4 aromatic rings. The molecule has 0 aliphatic heterocycles. The number of nitrogens with zero attached hydrogens (tertiary/aromatic N) is 4. The zero-order chi connectivity index (χ0) is 18.8. The Bertz CT molecular complexity index is 1090. The highest BCUT2D eigenvalue weighted by molar-refractivity contribution is 7.14. The van der Waals surface area contributed by atoms with Crippen molar-refractivity contribution in [3.8, 4) is 22.0 Å². The lowest BCUT2D eigenvalue weighted by atomic mass is 10.1. The first-order valence-electron chi connectivity index (χ1n) is 8.02. The number of rotatable bonds is 5. The van der Waals surface area contributed by atoms with E-state index < -0.39 is 0 Å². The number of hydrogen-bond donors (Lipinski definition) is 3. The zero-order valence-electron chi connectivity index (χ0n) is 14.2. The van der Waals surface area contributed by atoms with Crippen molar-refractivity contribution in [3.05, 3.63) is 59.0 Å². The van der Waals surface area contributed by atoms with Crippen molar-refractivity contribution in [1.29, 1.82) is 5.41 Å². The molecule has 3 heterocycles. The Morgan fingerprint density at radius 3 is 2.63 bits per heavy atom. The third-order valence-electron chi connectivity index (χ3n) is 3.84. The van der Waals surface area contributed by atoms with Gasteiger partial charge in [-0.3, -0.25) is 5.10 Å². The molecule has 0 atom stereocenters. The van der Waals surface area contributed by atoms with E-state index in [0.717, 1.165) is 16.3 Å². The fourth-order valence-corrected chi connectivity index (χ4v) is 3.31. The predicted octanol–water partition coefficient (Wildman–Crippen LogP) is 4.18. The second-order valence-corrected chi connectivity index (χ2v) is 6.87. The molecule has 0 unspecified atom stereocenters. The van der Waals surface area contributed by atoms with Crippen LogP contribution in [0.25, 0.3) is 22.0 Å². The monoisotopic (exact) mass is 379 g/mol. The van der Waals surface area contributed by atoms with Crippen LogP contribution in [0, 0.1) is 18.2 Å². The quantitative estimate of drug-likeness (QED) is 0.451. The normalized spacial score (nSPS) is 10.7. The first-order valence-corrected chi connectivity index (χ1v) is 8.84. The van der Waals surface area contributed by atoms with E-state index in [1.807, 2.05) is 19.1 Å². The van der Waals surface area contributed by atoms with Crippen LogP contribution in [0.3, 0.4) is 0 Å². The predicted molar refractivity (Wildman–Crippen MR) is 103 cm³/mol. The third kappa shape index (κ3) is 3.44. The molecular weight excluding hydrogens is 365 g/mol. The Balaban J connectivity index is 1.88. The molecule has 0 amide bonds. The highest BCUT2D eigenvalue weighted by atomic mass is 32.1. The molecule has 0 aliphatic carbocycles. The van der Waals surface area contributed by atoms with Gasteiger partial charge < -0.3 is 10.7 Å². The van der Waals surface area contributed by atoms with Gasteiger partial charge in [0.2, 0.25) is 0 Å². The van der Waals surface area contributed by atoms with Gasteiger partial charge in [-0.2, -0.15) is 5.10 Å². The summed E-state index contributed by atoms with van der Waals surface area (Å²) in [6.45, 7) is 1.87. The molecule has 4 rings (SSSR count). The van der Waals surface area contributed by atoms with E-state index in [0.29, 0.717) is 27.8 Å². The second kappa shape index (κ2) is 7.04. The number of benzene rings is 1. The number of H-pyrrole nitrogens is 1. The van der Waals surface area contributed by atoms with Gasteiger partial charge in [0.15, 0.2) is 0 Å². The van der Waals surface area contributed by atoms with Gasteiger partial charge in [-0.25, -0.2) is 9.37 Å². The van der Waals surface area contributed by atoms with E-state index in [9.17, 15) is 4.39 Å². The van der Waals surface area contributed by atoms with Crippen LogP contribution in [0.15, 0.2) is 42.6 Å². The average Bonchev–Trinajstić information content (AvgIpc) is 3.35. The minimum absolute atomic E-state index is 0.322. The summed E-state index contributed by atoms with van der Waals surface area (Å²) in [4.78, 5) is 4.63. The van der Waals surface area contributed by atoms with Crippen LogP contribution in [0.1, 0.15) is 10.6 Å². The summed E-state index contributed by atoms with van der Waals surface area (Å²) in [5, 5.41) is 27.7. The van der Waals surface area contributed by atoms with Crippen LogP contribution in [0.5, 0.6) is 0 Å². The number of pyridine rings is 1. The van der Waals surface area contributed by atoms with Crippen molar-refractivity contribution in [2.45, 2.75) is 6.92 Å². The highest BCUT2D eigenvalue weighted by Gasteiger charge is 2.17. The number of halogens is 1. The van der Waals surface area contributed by atoms with Crippen LogP contribution in [0.2, 0.25) is 0 Å². The summed E-state index contributed by atoms with van der Waals surface area (Å²) in [5.74, 6) is 0.142. The van der Waals surface area contributed by atoms with Crippen molar-refractivity contribution in [3.63, 3.8) is 0 Å². The summed E-state index contributed by atoms with van der Waals surface area (Å²) in [6, 6.07) is 9.61. The molecule has 0 saturated carbocycles. The van der Waals surface area contributed by atoms with E-state index in [4.69, 9.17) is 5.41 Å². The summed E-state index contributed by atoms with van der Waals surface area (Å²) in [5.41, 5.74) is 3.34. The van der Waals surface area contributed by atoms with E-state index >= 15 is 0 Å². The van der Waals surface area contributed by atoms with Crippen LogP contribution in [0.4, 0.5) is 15.9 Å². The molecule has 0 spiro atoms. The number of nitrogens with one attached hydrogen (secondary N) is 3. The highest BCUT2D eigenvalue weighted by Crippen LogP contribution is 2.33. The Morgan fingerprint density at radius 1 is 1.19 bits per heavy atom. The number of aromatic amines is 1. The van der Waals surface area contributed by atoms with Crippen molar-refractivity contribution >= 4 is 29.1 Å². The molecule has 7 nitrogen and oxygen atoms in total. The molecule has 1 aromatic carbocycles. The lowest BCUT2D eigenvalue weighted by Gasteiger charge is -2.13. The molecular formula is C18H14FN7S. The van der Waals surface area contributed by atoms with Crippen LogP contribution >= 0.6 is 11.3 Å². The maximum Gasteiger partial charge on any atom is 0.148 e. The van der Waals surface area contributed by atoms with E-state index in [1.165, 1.54) is 29.7 Å². The third-order valence-corrected chi connectivity index (χ3v) is 4.72. The molecule has 9 heteroatoms. The van der Waals surface area contributed by atoms with Crippen molar-refractivity contribution in [2.75, 3.05) is 5.32 Å². The molecule has 27 heavy (non-hydrogen) atoms. The van der Waals surface area contributed by atoms with Gasteiger partial charge in [0, 0.05) is 29.2 Å². The molecule has 3 aromatic heterocycles. The zero-order valence-corrected chi connectivity index (χ0v) is 15.0. The summed E-state index contributed by atoms with van der Waals surface area (Å²) >= 11 is 1.44. The molecule has 0 aliphatic rings. The average molecular weight is 379 g/mol. The van der Waals surface area contributed by atoms with Crippen LogP contribution in [-0.4, -0.2) is 31.6 Å². The van der Waals surface area contributed by atoms with Crippen LogP contribution in [-0.2, 0) is 0 Å². The number of aromatic nitrogens is 5. The fourth-order valence-electron chi connectivity index (χ4n) is 2.59. The van der Waals surface area contributed by atoms with Gasteiger partial charge in [-0.1, -0.05) is 11.3 Å². The van der Waals surface area contributed by atoms with E-state index in [1.54, 1.807) is 18.3 Å².